The maximum Gasteiger partial charge on any atom is 0.230 e. The summed E-state index contributed by atoms with van der Waals surface area (Å²) in [6.07, 6.45) is 11.1. The first kappa shape index (κ1) is 17.1. The predicted molar refractivity (Wildman–Crippen MR) is 103 cm³/mol. The van der Waals surface area contributed by atoms with Crippen molar-refractivity contribution >= 4 is 17.5 Å². The minimum absolute atomic E-state index is 0.240. The predicted octanol–water partition coefficient (Wildman–Crippen LogP) is 5.30. The molecule has 1 aromatic rings. The molecule has 0 amide bonds. The van der Waals surface area contributed by atoms with Crippen LogP contribution >= 0.6 is 11.8 Å². The fourth-order valence-corrected chi connectivity index (χ4v) is 5.48. The number of ether oxygens (including phenoxy) is 1. The van der Waals surface area contributed by atoms with Gasteiger partial charge in [0, 0.05) is 5.71 Å². The summed E-state index contributed by atoms with van der Waals surface area (Å²) in [5.41, 5.74) is 5.69. The van der Waals surface area contributed by atoms with E-state index in [-0.39, 0.29) is 5.37 Å². The van der Waals surface area contributed by atoms with Crippen LogP contribution in [-0.4, -0.2) is 27.7 Å². The Balaban J connectivity index is 1.65. The second-order valence-corrected chi connectivity index (χ2v) is 8.24. The average Bonchev–Trinajstić information content (AvgIpc) is 3.24. The second-order valence-electron chi connectivity index (χ2n) is 7.12. The molecular weight excluding hydrogens is 330 g/mol. The van der Waals surface area contributed by atoms with Gasteiger partial charge in [0.2, 0.25) is 5.88 Å². The lowest BCUT2D eigenvalue weighted by Crippen LogP contribution is -2.21. The molecule has 1 aliphatic carbocycles. The number of nitrogens with zero attached hydrogens (tertiary/aromatic N) is 3. The molecule has 0 spiro atoms. The molecule has 0 saturated carbocycles. The van der Waals surface area contributed by atoms with Crippen molar-refractivity contribution in [1.82, 2.24) is 9.97 Å². The third-order valence-electron chi connectivity index (χ3n) is 5.39. The molecular formula is C20H27N3OS. The zero-order valence-corrected chi connectivity index (χ0v) is 16.1. The number of allylic oxidation sites excluding steroid dienone is 1. The van der Waals surface area contributed by atoms with Crippen LogP contribution in [0.3, 0.4) is 0 Å². The standard InChI is InChI=1S/C20H27N3OS/c1-3-5-10-15-13-8-7-9-14(13)16-17-18(25-20(16)23-15)19(22-12-21-17)24-11-6-4-2/h12,16,20H,3-11H2,1-2H3/t16-,20-/m0/s1. The van der Waals surface area contributed by atoms with Gasteiger partial charge in [-0.2, -0.15) is 0 Å². The van der Waals surface area contributed by atoms with E-state index < -0.39 is 0 Å². The van der Waals surface area contributed by atoms with Crippen molar-refractivity contribution in [3.63, 3.8) is 0 Å². The number of aromatic nitrogens is 2. The van der Waals surface area contributed by atoms with E-state index >= 15 is 0 Å². The third-order valence-corrected chi connectivity index (χ3v) is 6.63. The molecule has 25 heavy (non-hydrogen) atoms. The van der Waals surface area contributed by atoms with Gasteiger partial charge >= 0.3 is 0 Å². The van der Waals surface area contributed by atoms with Gasteiger partial charge in [-0.1, -0.05) is 44.0 Å². The number of hydrogen-bond acceptors (Lipinski definition) is 5. The molecule has 2 atom stereocenters. The Morgan fingerprint density at radius 1 is 1.16 bits per heavy atom. The molecule has 3 aliphatic rings. The van der Waals surface area contributed by atoms with E-state index in [1.165, 1.54) is 37.8 Å². The van der Waals surface area contributed by atoms with Crippen LogP contribution in [0.1, 0.15) is 76.8 Å². The van der Waals surface area contributed by atoms with Crippen LogP contribution in [0.15, 0.2) is 27.4 Å². The smallest absolute Gasteiger partial charge is 0.230 e. The Hall–Kier alpha value is -1.36. The number of aliphatic imine (C=N–C) groups is 1. The van der Waals surface area contributed by atoms with Gasteiger partial charge in [-0.3, -0.25) is 4.99 Å². The molecule has 0 saturated heterocycles. The van der Waals surface area contributed by atoms with Gasteiger partial charge < -0.3 is 4.74 Å². The first-order valence-electron chi connectivity index (χ1n) is 9.76. The van der Waals surface area contributed by atoms with Crippen LogP contribution in [0.5, 0.6) is 5.88 Å². The van der Waals surface area contributed by atoms with Gasteiger partial charge in [0.05, 0.1) is 23.1 Å². The number of hydrogen-bond donors (Lipinski definition) is 0. The molecule has 1 aromatic heterocycles. The summed E-state index contributed by atoms with van der Waals surface area (Å²) in [6.45, 7) is 5.17. The molecule has 5 heteroatoms. The van der Waals surface area contributed by atoms with Crippen LogP contribution in [0.4, 0.5) is 0 Å². The van der Waals surface area contributed by atoms with E-state index in [1.807, 2.05) is 11.8 Å². The summed E-state index contributed by atoms with van der Waals surface area (Å²) < 4.78 is 5.96. The van der Waals surface area contributed by atoms with Crippen molar-refractivity contribution in [2.24, 2.45) is 4.99 Å². The molecule has 0 fully saturated rings. The maximum atomic E-state index is 5.96. The lowest BCUT2D eigenvalue weighted by atomic mass is 9.87. The van der Waals surface area contributed by atoms with Gasteiger partial charge in [-0.05, 0) is 44.1 Å². The van der Waals surface area contributed by atoms with E-state index in [9.17, 15) is 0 Å². The zero-order valence-electron chi connectivity index (χ0n) is 15.3. The van der Waals surface area contributed by atoms with Gasteiger partial charge in [-0.15, -0.1) is 0 Å². The van der Waals surface area contributed by atoms with Crippen LogP contribution in [0.2, 0.25) is 0 Å². The first-order chi connectivity index (χ1) is 12.3. The normalized spacial score (nSPS) is 24.0. The second kappa shape index (κ2) is 7.48. The maximum absolute atomic E-state index is 5.96. The van der Waals surface area contributed by atoms with Crippen molar-refractivity contribution < 1.29 is 4.74 Å². The van der Waals surface area contributed by atoms with Crippen LogP contribution in [-0.2, 0) is 0 Å². The van der Waals surface area contributed by atoms with Crippen molar-refractivity contribution in [3.8, 4) is 5.88 Å². The quantitative estimate of drug-likeness (QED) is 0.622. The monoisotopic (exact) mass is 357 g/mol. The minimum atomic E-state index is 0.240. The van der Waals surface area contributed by atoms with Gasteiger partial charge in [-0.25, -0.2) is 9.97 Å². The molecule has 0 N–H and O–H groups in total. The number of fused-ring (bicyclic) bond motifs is 4. The highest BCUT2D eigenvalue weighted by molar-refractivity contribution is 8.00. The number of unbranched alkanes of at least 4 members (excludes halogenated alkanes) is 2. The van der Waals surface area contributed by atoms with Crippen molar-refractivity contribution in [1.29, 1.82) is 0 Å². The summed E-state index contributed by atoms with van der Waals surface area (Å²) in [5, 5.41) is 0.240. The Morgan fingerprint density at radius 2 is 2.04 bits per heavy atom. The molecule has 0 unspecified atom stereocenters. The molecule has 3 heterocycles. The fourth-order valence-electron chi connectivity index (χ4n) is 4.11. The van der Waals surface area contributed by atoms with E-state index in [0.29, 0.717) is 5.92 Å². The summed E-state index contributed by atoms with van der Waals surface area (Å²) in [6, 6.07) is 0. The van der Waals surface area contributed by atoms with Crippen LogP contribution in [0, 0.1) is 0 Å². The largest absolute Gasteiger partial charge is 0.477 e. The fraction of sp³-hybridized carbons (Fsp3) is 0.650. The van der Waals surface area contributed by atoms with Crippen LogP contribution in [0.25, 0.3) is 0 Å². The summed E-state index contributed by atoms with van der Waals surface area (Å²) in [4.78, 5) is 15.4. The molecule has 0 bridgehead atoms. The van der Waals surface area contributed by atoms with Crippen LogP contribution < -0.4 is 4.74 Å². The van der Waals surface area contributed by atoms with Crippen molar-refractivity contribution in [2.45, 2.75) is 81.4 Å². The Bertz CT molecular complexity index is 713. The van der Waals surface area contributed by atoms with Gasteiger partial charge in [0.25, 0.3) is 0 Å². The third kappa shape index (κ3) is 3.12. The van der Waals surface area contributed by atoms with E-state index in [1.54, 1.807) is 17.5 Å². The lowest BCUT2D eigenvalue weighted by Gasteiger charge is -2.26. The highest BCUT2D eigenvalue weighted by Crippen LogP contribution is 2.56. The molecule has 4 rings (SSSR count). The number of thioether (sulfide) groups is 1. The first-order valence-corrected chi connectivity index (χ1v) is 10.6. The van der Waals surface area contributed by atoms with E-state index in [4.69, 9.17) is 9.73 Å². The topological polar surface area (TPSA) is 47.4 Å². The highest BCUT2D eigenvalue weighted by Gasteiger charge is 2.44. The zero-order chi connectivity index (χ0) is 17.2. The van der Waals surface area contributed by atoms with Crippen molar-refractivity contribution in [3.05, 3.63) is 23.2 Å². The highest BCUT2D eigenvalue weighted by atomic mass is 32.2. The van der Waals surface area contributed by atoms with E-state index in [2.05, 4.69) is 23.8 Å². The van der Waals surface area contributed by atoms with Crippen molar-refractivity contribution in [2.75, 3.05) is 6.61 Å². The SMILES string of the molecule is CCCCOc1ncnc2c1S[C@@H]1N=C(CCCC)C3=C(CCC3)[C@@H]21. The summed E-state index contributed by atoms with van der Waals surface area (Å²) in [7, 11) is 0. The molecule has 134 valence electrons. The summed E-state index contributed by atoms with van der Waals surface area (Å²) in [5.74, 6) is 1.11. The summed E-state index contributed by atoms with van der Waals surface area (Å²) >= 11 is 1.82. The van der Waals surface area contributed by atoms with Gasteiger partial charge in [0.15, 0.2) is 0 Å². The average molecular weight is 358 g/mol. The number of rotatable bonds is 7. The number of dihydropyridines is 1. The van der Waals surface area contributed by atoms with E-state index in [0.717, 1.165) is 42.3 Å². The Morgan fingerprint density at radius 3 is 2.88 bits per heavy atom. The Kier molecular flexibility index (Phi) is 5.11. The molecule has 2 aliphatic heterocycles. The van der Waals surface area contributed by atoms with Gasteiger partial charge in [0.1, 0.15) is 11.7 Å². The Labute approximate surface area is 154 Å². The molecule has 0 aromatic carbocycles. The molecule has 4 nitrogen and oxygen atoms in total. The molecule has 0 radical (unpaired) electrons. The lowest BCUT2D eigenvalue weighted by molar-refractivity contribution is 0.289. The minimum Gasteiger partial charge on any atom is -0.477 e.